The lowest BCUT2D eigenvalue weighted by molar-refractivity contribution is -0.130. The molecule has 1 saturated heterocycles. The molecule has 1 atom stereocenters. The minimum Gasteiger partial charge on any atom is -0.383 e. The molecule has 4 heterocycles. The lowest BCUT2D eigenvalue weighted by Crippen LogP contribution is -2.30. The van der Waals surface area contributed by atoms with E-state index >= 15 is 0 Å². The highest BCUT2D eigenvalue weighted by molar-refractivity contribution is 5.78. The second kappa shape index (κ2) is 10.6. The number of nitrogens with zero attached hydrogens (tertiary/aromatic N) is 4. The number of aromatic nitrogens is 5. The molecule has 1 aliphatic heterocycles. The minimum absolute atomic E-state index is 0.130. The molecule has 0 unspecified atom stereocenters. The summed E-state index contributed by atoms with van der Waals surface area (Å²) in [5.74, 6) is 1.49. The van der Waals surface area contributed by atoms with E-state index in [0.29, 0.717) is 62.5 Å². The van der Waals surface area contributed by atoms with Crippen LogP contribution in [0, 0.1) is 0 Å². The van der Waals surface area contributed by atoms with Gasteiger partial charge in [0.1, 0.15) is 17.2 Å². The van der Waals surface area contributed by atoms with E-state index in [1.165, 1.54) is 4.57 Å². The number of amides is 1. The number of likely N-dealkylation sites (tertiary alicyclic amines) is 1. The fraction of sp³-hybridized carbons (Fsp3) is 0.522. The molecule has 0 aliphatic carbocycles. The van der Waals surface area contributed by atoms with Gasteiger partial charge in [-0.2, -0.15) is 0 Å². The lowest BCUT2D eigenvalue weighted by Gasteiger charge is -2.28. The number of aromatic amines is 2. The van der Waals surface area contributed by atoms with Crippen LogP contribution in [0.5, 0.6) is 0 Å². The van der Waals surface area contributed by atoms with Crippen LogP contribution in [0.4, 0.5) is 5.82 Å². The maximum absolute atomic E-state index is 12.6. The summed E-state index contributed by atoms with van der Waals surface area (Å²) in [6, 6.07) is 3.74. The fourth-order valence-corrected chi connectivity index (χ4v) is 4.40. The highest BCUT2D eigenvalue weighted by Gasteiger charge is 2.29. The number of rotatable bonds is 11. The minimum atomic E-state index is -0.474. The van der Waals surface area contributed by atoms with Crippen molar-refractivity contribution in [2.45, 2.75) is 51.6 Å². The number of hydrogen-bond donors (Lipinski definition) is 3. The number of anilines is 1. The van der Waals surface area contributed by atoms with Crippen LogP contribution in [0.1, 0.15) is 50.0 Å². The number of carbonyl (C=O) groups is 1. The number of aryl methyl sites for hydroxylation is 2. The predicted molar refractivity (Wildman–Crippen MR) is 128 cm³/mol. The lowest BCUT2D eigenvalue weighted by atomic mass is 10.0. The van der Waals surface area contributed by atoms with Crippen LogP contribution in [-0.2, 0) is 22.5 Å². The molecule has 11 nitrogen and oxygen atoms in total. The number of imidazole rings is 1. The van der Waals surface area contributed by atoms with Crippen LogP contribution in [-0.4, -0.2) is 62.1 Å². The molecule has 1 aliphatic rings. The Morgan fingerprint density at radius 1 is 1.24 bits per heavy atom. The summed E-state index contributed by atoms with van der Waals surface area (Å²) in [6.07, 6.45) is 5.04. The van der Waals surface area contributed by atoms with Crippen LogP contribution < -0.4 is 16.6 Å². The van der Waals surface area contributed by atoms with Gasteiger partial charge in [-0.05, 0) is 30.9 Å². The van der Waals surface area contributed by atoms with Gasteiger partial charge in [-0.1, -0.05) is 13.0 Å². The zero-order valence-corrected chi connectivity index (χ0v) is 19.6. The van der Waals surface area contributed by atoms with Gasteiger partial charge in [0.2, 0.25) is 5.91 Å². The molecule has 34 heavy (non-hydrogen) atoms. The number of carbonyl (C=O) groups excluding carboxylic acids is 1. The van der Waals surface area contributed by atoms with E-state index in [1.807, 2.05) is 24.0 Å². The Morgan fingerprint density at radius 3 is 2.76 bits per heavy atom. The maximum Gasteiger partial charge on any atom is 0.330 e. The van der Waals surface area contributed by atoms with Gasteiger partial charge < -0.3 is 19.9 Å². The largest absolute Gasteiger partial charge is 0.383 e. The average molecular weight is 470 g/mol. The predicted octanol–water partition coefficient (Wildman–Crippen LogP) is 1.57. The van der Waals surface area contributed by atoms with Crippen molar-refractivity contribution in [3.63, 3.8) is 0 Å². The van der Waals surface area contributed by atoms with Gasteiger partial charge in [-0.25, -0.2) is 14.8 Å². The highest BCUT2D eigenvalue weighted by atomic mass is 16.5. The molecular weight excluding hydrogens is 438 g/mol. The number of fused-ring (bicyclic) bond motifs is 1. The topological polar surface area (TPSA) is 138 Å². The zero-order valence-electron chi connectivity index (χ0n) is 19.6. The first-order valence-corrected chi connectivity index (χ1v) is 11.7. The molecule has 0 bridgehead atoms. The Morgan fingerprint density at radius 2 is 2.09 bits per heavy atom. The van der Waals surface area contributed by atoms with Crippen LogP contribution in [0.3, 0.4) is 0 Å². The molecule has 3 aromatic rings. The summed E-state index contributed by atoms with van der Waals surface area (Å²) in [7, 11) is 1.65. The summed E-state index contributed by atoms with van der Waals surface area (Å²) >= 11 is 0. The molecule has 0 saturated carbocycles. The Balaban J connectivity index is 1.57. The molecule has 4 rings (SSSR count). The van der Waals surface area contributed by atoms with Crippen molar-refractivity contribution in [2.24, 2.45) is 0 Å². The number of hydrogen-bond acceptors (Lipinski definition) is 7. The summed E-state index contributed by atoms with van der Waals surface area (Å²) in [6.45, 7) is 4.37. The van der Waals surface area contributed by atoms with Crippen molar-refractivity contribution in [1.82, 2.24) is 29.4 Å². The molecule has 0 aromatic carbocycles. The molecule has 3 N–H and O–H groups in total. The van der Waals surface area contributed by atoms with Gasteiger partial charge in [0.15, 0.2) is 5.65 Å². The Labute approximate surface area is 196 Å². The second-order valence-corrected chi connectivity index (χ2v) is 8.43. The number of H-pyrrole nitrogens is 2. The van der Waals surface area contributed by atoms with E-state index in [4.69, 9.17) is 4.74 Å². The van der Waals surface area contributed by atoms with E-state index < -0.39 is 11.2 Å². The molecule has 1 amide bonds. The van der Waals surface area contributed by atoms with Gasteiger partial charge >= 0.3 is 5.69 Å². The quantitative estimate of drug-likeness (QED) is 0.362. The Hall–Kier alpha value is -3.47. The number of nitrogens with one attached hydrogen (secondary N) is 3. The first-order valence-electron chi connectivity index (χ1n) is 11.7. The molecule has 0 spiro atoms. The smallest absolute Gasteiger partial charge is 0.330 e. The molecule has 182 valence electrons. The first kappa shape index (κ1) is 23.7. The van der Waals surface area contributed by atoms with Gasteiger partial charge in [0, 0.05) is 45.8 Å². The molecule has 0 radical (unpaired) electrons. The van der Waals surface area contributed by atoms with Crippen LogP contribution in [0.15, 0.2) is 27.9 Å². The molecule has 11 heteroatoms. The van der Waals surface area contributed by atoms with Gasteiger partial charge in [-0.15, -0.1) is 0 Å². The number of methoxy groups -OCH3 is 1. The van der Waals surface area contributed by atoms with Gasteiger partial charge in [0.25, 0.3) is 5.56 Å². The summed E-state index contributed by atoms with van der Waals surface area (Å²) in [4.78, 5) is 53.5. The summed E-state index contributed by atoms with van der Waals surface area (Å²) in [5, 5.41) is 3.20. The van der Waals surface area contributed by atoms with Crippen molar-refractivity contribution >= 4 is 22.9 Å². The van der Waals surface area contributed by atoms with Crippen molar-refractivity contribution in [2.75, 3.05) is 32.1 Å². The van der Waals surface area contributed by atoms with Crippen molar-refractivity contribution in [3.8, 4) is 0 Å². The Kier molecular flexibility index (Phi) is 7.41. The number of ether oxygens (including phenoxy) is 1. The van der Waals surface area contributed by atoms with Crippen LogP contribution >= 0.6 is 0 Å². The monoisotopic (exact) mass is 469 g/mol. The SMILES string of the molecule is CCCn1c(=O)[nH]c(=O)c2[nH]c(CC[C@@H](c3ccc(NCCOC)nc3)N3CCCC3=O)nc21. The van der Waals surface area contributed by atoms with Crippen LogP contribution in [0.25, 0.3) is 11.2 Å². The molecule has 3 aromatic heterocycles. The van der Waals surface area contributed by atoms with Crippen molar-refractivity contribution in [1.29, 1.82) is 0 Å². The van der Waals surface area contributed by atoms with Crippen LogP contribution in [0.2, 0.25) is 0 Å². The fourth-order valence-electron chi connectivity index (χ4n) is 4.40. The van der Waals surface area contributed by atoms with E-state index in [0.717, 1.165) is 24.2 Å². The normalized spacial score (nSPS) is 14.8. The van der Waals surface area contributed by atoms with Gasteiger partial charge in [0.05, 0.1) is 12.6 Å². The van der Waals surface area contributed by atoms with E-state index in [-0.39, 0.29) is 11.9 Å². The van der Waals surface area contributed by atoms with E-state index in [9.17, 15) is 14.4 Å². The van der Waals surface area contributed by atoms with E-state index in [1.54, 1.807) is 13.3 Å². The zero-order chi connectivity index (χ0) is 24.1. The second-order valence-electron chi connectivity index (χ2n) is 8.43. The third kappa shape index (κ3) is 5.04. The average Bonchev–Trinajstić information content (AvgIpc) is 3.45. The Bertz CT molecular complexity index is 1240. The summed E-state index contributed by atoms with van der Waals surface area (Å²) < 4.78 is 6.54. The third-order valence-electron chi connectivity index (χ3n) is 6.05. The third-order valence-corrected chi connectivity index (χ3v) is 6.05. The van der Waals surface area contributed by atoms with Crippen molar-refractivity contribution in [3.05, 3.63) is 50.6 Å². The molecular formula is C23H31N7O4. The highest BCUT2D eigenvalue weighted by Crippen LogP contribution is 2.30. The molecule has 1 fully saturated rings. The van der Waals surface area contributed by atoms with Gasteiger partial charge in [-0.3, -0.25) is 19.1 Å². The first-order chi connectivity index (χ1) is 16.5. The van der Waals surface area contributed by atoms with E-state index in [2.05, 4.69) is 25.3 Å². The summed E-state index contributed by atoms with van der Waals surface area (Å²) in [5.41, 5.74) is 0.684. The standard InChI is InChI=1S/C23H31N7O4/c1-3-11-30-21-20(22(32)28-23(30)33)26-18(27-21)9-7-16(29-12-4-5-19(29)31)15-6-8-17(25-14-15)24-10-13-34-2/h6,8,14,16H,3-5,7,9-13H2,1-2H3,(H,24,25)(H,26,27)(H,28,32,33)/t16-/m0/s1. The maximum atomic E-state index is 12.6. The number of pyridine rings is 1. The van der Waals surface area contributed by atoms with Crippen molar-refractivity contribution < 1.29 is 9.53 Å².